The number of thioether (sulfide) groups is 2. The third kappa shape index (κ3) is 7.52. The van der Waals surface area contributed by atoms with Gasteiger partial charge in [-0.15, -0.1) is 48.3 Å². The third-order valence-electron chi connectivity index (χ3n) is 8.44. The van der Waals surface area contributed by atoms with E-state index in [1.165, 1.54) is 67.9 Å². The molecule has 0 radical (unpaired) electrons. The molecule has 0 saturated heterocycles. The van der Waals surface area contributed by atoms with E-state index in [4.69, 9.17) is 9.97 Å². The van der Waals surface area contributed by atoms with Gasteiger partial charge in [0, 0.05) is 82.8 Å². The summed E-state index contributed by atoms with van der Waals surface area (Å²) in [6, 6.07) is 25.9. The molecule has 0 aliphatic carbocycles. The van der Waals surface area contributed by atoms with Gasteiger partial charge in [-0.2, -0.15) is 0 Å². The number of benzene rings is 2. The summed E-state index contributed by atoms with van der Waals surface area (Å²) in [6.07, 6.45) is 11.9. The lowest BCUT2D eigenvalue weighted by Crippen LogP contribution is -1.96. The van der Waals surface area contributed by atoms with E-state index in [2.05, 4.69) is 106 Å². The molecule has 10 heteroatoms. The largest absolute Gasteiger partial charge is 0.327 e. The van der Waals surface area contributed by atoms with Crippen LogP contribution in [-0.2, 0) is 25.9 Å². The molecular formula is C38H40Cl2N6S2. The molecule has 0 fully saturated rings. The van der Waals surface area contributed by atoms with Gasteiger partial charge in [-0.1, -0.05) is 38.1 Å². The minimum absolute atomic E-state index is 0. The second-order valence-electron chi connectivity index (χ2n) is 11.3. The number of hydrogen-bond donors (Lipinski definition) is 0. The summed E-state index contributed by atoms with van der Waals surface area (Å²) >= 11 is 3.74. The van der Waals surface area contributed by atoms with E-state index in [1.807, 2.05) is 48.3 Å². The van der Waals surface area contributed by atoms with Gasteiger partial charge in [-0.3, -0.25) is 9.97 Å². The second-order valence-corrected chi connectivity index (χ2v) is 14.0. The molecule has 6 aromatic rings. The quantitative estimate of drug-likeness (QED) is 0.146. The topological polar surface area (TPSA) is 61.4 Å². The Hall–Kier alpha value is -3.56. The van der Waals surface area contributed by atoms with Crippen molar-refractivity contribution in [1.29, 1.82) is 0 Å². The predicted octanol–water partition coefficient (Wildman–Crippen LogP) is 10.2. The van der Waals surface area contributed by atoms with Gasteiger partial charge in [0.05, 0.1) is 22.8 Å². The van der Waals surface area contributed by atoms with E-state index < -0.39 is 0 Å². The Labute approximate surface area is 304 Å². The fourth-order valence-electron chi connectivity index (χ4n) is 6.41. The molecule has 248 valence electrons. The second kappa shape index (κ2) is 16.7. The van der Waals surface area contributed by atoms with Crippen LogP contribution in [0.3, 0.4) is 0 Å². The van der Waals surface area contributed by atoms with Crippen LogP contribution >= 0.6 is 48.3 Å². The standard InChI is InChI=1S/2C19H19N3S.2ClH/c2*1-2-23-16-7-5-14(6-8-16)18-19(15-9-11-20-12-10-15)22-13-3-4-17(22)21-18;;/h2*5-12H,2-4,13H2,1H3;2*1H. The van der Waals surface area contributed by atoms with Gasteiger partial charge in [0.1, 0.15) is 11.6 Å². The maximum Gasteiger partial charge on any atom is 0.109 e. The highest BCUT2D eigenvalue weighted by atomic mass is 35.5. The van der Waals surface area contributed by atoms with Crippen molar-refractivity contribution in [2.75, 3.05) is 11.5 Å². The molecule has 0 unspecified atom stereocenters. The van der Waals surface area contributed by atoms with Gasteiger partial charge in [-0.05, 0) is 72.9 Å². The zero-order chi connectivity index (χ0) is 31.3. The molecule has 6 nitrogen and oxygen atoms in total. The van der Waals surface area contributed by atoms with E-state index in [-0.39, 0.29) is 24.8 Å². The van der Waals surface area contributed by atoms with E-state index >= 15 is 0 Å². The summed E-state index contributed by atoms with van der Waals surface area (Å²) < 4.78 is 4.75. The number of rotatable bonds is 8. The van der Waals surface area contributed by atoms with Gasteiger partial charge < -0.3 is 9.13 Å². The molecular weight excluding hydrogens is 676 g/mol. The maximum atomic E-state index is 4.95. The SMILES string of the molecule is CCSc1ccc(-c2nc3n(c2-c2ccncc2)CCC3)cc1.CCSc1ccc(-c2nc3n(c2-c2ccncc2)CCC3)cc1.Cl.Cl. The molecule has 2 aliphatic heterocycles. The van der Waals surface area contributed by atoms with Crippen molar-refractivity contribution in [3.63, 3.8) is 0 Å². The molecule has 0 bridgehead atoms. The lowest BCUT2D eigenvalue weighted by Gasteiger charge is -2.09. The zero-order valence-electron chi connectivity index (χ0n) is 27.2. The van der Waals surface area contributed by atoms with Crippen molar-refractivity contribution in [2.45, 2.75) is 62.4 Å². The Bertz CT molecular complexity index is 1770. The predicted molar refractivity (Wildman–Crippen MR) is 206 cm³/mol. The number of hydrogen-bond acceptors (Lipinski definition) is 6. The first kappa shape index (κ1) is 35.7. The van der Waals surface area contributed by atoms with Crippen LogP contribution < -0.4 is 0 Å². The average molecular weight is 716 g/mol. The minimum Gasteiger partial charge on any atom is -0.327 e. The van der Waals surface area contributed by atoms with Crippen LogP contribution in [0.5, 0.6) is 0 Å². The highest BCUT2D eigenvalue weighted by Gasteiger charge is 2.24. The lowest BCUT2D eigenvalue weighted by molar-refractivity contribution is 0.756. The van der Waals surface area contributed by atoms with Crippen molar-refractivity contribution in [2.24, 2.45) is 0 Å². The lowest BCUT2D eigenvalue weighted by atomic mass is 10.1. The zero-order valence-corrected chi connectivity index (χ0v) is 30.5. The summed E-state index contributed by atoms with van der Waals surface area (Å²) in [6.45, 7) is 6.48. The van der Waals surface area contributed by atoms with Crippen LogP contribution in [0.4, 0.5) is 0 Å². The van der Waals surface area contributed by atoms with Gasteiger partial charge in [-0.25, -0.2) is 9.97 Å². The van der Waals surface area contributed by atoms with Gasteiger partial charge >= 0.3 is 0 Å². The number of imidazole rings is 2. The number of pyridine rings is 2. The number of nitrogens with zero attached hydrogens (tertiary/aromatic N) is 6. The van der Waals surface area contributed by atoms with Crippen molar-refractivity contribution >= 4 is 48.3 Å². The maximum absolute atomic E-state index is 4.95. The smallest absolute Gasteiger partial charge is 0.109 e. The van der Waals surface area contributed by atoms with E-state index in [9.17, 15) is 0 Å². The highest BCUT2D eigenvalue weighted by Crippen LogP contribution is 2.37. The summed E-state index contributed by atoms with van der Waals surface area (Å²) in [7, 11) is 0. The molecule has 8 rings (SSSR count). The van der Waals surface area contributed by atoms with Crippen molar-refractivity contribution in [3.8, 4) is 45.0 Å². The molecule has 6 heterocycles. The normalized spacial score (nSPS) is 12.7. The van der Waals surface area contributed by atoms with Crippen LogP contribution in [-0.4, -0.2) is 40.6 Å². The molecule has 0 atom stereocenters. The van der Waals surface area contributed by atoms with Crippen molar-refractivity contribution in [1.82, 2.24) is 29.1 Å². The van der Waals surface area contributed by atoms with Gasteiger partial charge in [0.2, 0.25) is 0 Å². The Morgan fingerprint density at radius 3 is 1.25 bits per heavy atom. The number of aryl methyl sites for hydroxylation is 2. The number of fused-ring (bicyclic) bond motifs is 2. The first-order valence-electron chi connectivity index (χ1n) is 16.2. The Morgan fingerprint density at radius 2 is 0.896 bits per heavy atom. The summed E-state index contributed by atoms with van der Waals surface area (Å²) in [5.41, 5.74) is 9.44. The fraction of sp³-hybridized carbons (Fsp3) is 0.263. The van der Waals surface area contributed by atoms with Crippen LogP contribution in [0.1, 0.15) is 38.3 Å². The first-order valence-corrected chi connectivity index (χ1v) is 18.2. The van der Waals surface area contributed by atoms with Crippen LogP contribution in [0.25, 0.3) is 45.0 Å². The van der Waals surface area contributed by atoms with Crippen LogP contribution in [0, 0.1) is 0 Å². The Kier molecular flexibility index (Phi) is 12.4. The first-order chi connectivity index (χ1) is 22.7. The Morgan fingerprint density at radius 1 is 0.521 bits per heavy atom. The summed E-state index contributed by atoms with van der Waals surface area (Å²) in [4.78, 5) is 20.8. The van der Waals surface area contributed by atoms with Gasteiger partial charge in [0.25, 0.3) is 0 Å². The summed E-state index contributed by atoms with van der Waals surface area (Å²) in [5, 5.41) is 0. The highest BCUT2D eigenvalue weighted by molar-refractivity contribution is 7.99. The van der Waals surface area contributed by atoms with Gasteiger partial charge in [0.15, 0.2) is 0 Å². The molecule has 4 aromatic heterocycles. The van der Waals surface area contributed by atoms with E-state index in [1.54, 1.807) is 0 Å². The third-order valence-corrected chi connectivity index (χ3v) is 10.2. The number of aromatic nitrogens is 6. The molecule has 0 amide bonds. The van der Waals surface area contributed by atoms with Crippen molar-refractivity contribution < 1.29 is 0 Å². The monoisotopic (exact) mass is 714 g/mol. The molecule has 48 heavy (non-hydrogen) atoms. The summed E-state index contributed by atoms with van der Waals surface area (Å²) in [5.74, 6) is 4.61. The number of halogens is 2. The molecule has 0 spiro atoms. The molecule has 2 aliphatic rings. The van der Waals surface area contributed by atoms with Crippen molar-refractivity contribution in [3.05, 3.63) is 109 Å². The molecule has 2 aromatic carbocycles. The Balaban J connectivity index is 0.000000180. The van der Waals surface area contributed by atoms with Crippen LogP contribution in [0.2, 0.25) is 0 Å². The molecule has 0 saturated carbocycles. The minimum atomic E-state index is 0. The van der Waals surface area contributed by atoms with E-state index in [0.29, 0.717) is 0 Å². The average Bonchev–Trinajstić information content (AvgIpc) is 3.89. The van der Waals surface area contributed by atoms with Crippen LogP contribution in [0.15, 0.2) is 107 Å². The molecule has 0 N–H and O–H groups in total. The fourth-order valence-corrected chi connectivity index (χ4v) is 7.73. The van der Waals surface area contributed by atoms with E-state index in [0.717, 1.165) is 48.8 Å².